The van der Waals surface area contributed by atoms with Crippen LogP contribution in [0.2, 0.25) is 0 Å². The molecule has 0 saturated carbocycles. The Morgan fingerprint density at radius 1 is 1.17 bits per heavy atom. The SMILES string of the molecule is Cc1occ(-c2ccco2)c1C. The second-order valence-corrected chi connectivity index (χ2v) is 2.81. The minimum atomic E-state index is 0.865. The molecule has 0 saturated heterocycles. The highest BCUT2D eigenvalue weighted by molar-refractivity contribution is 5.61. The van der Waals surface area contributed by atoms with Crippen molar-refractivity contribution in [1.29, 1.82) is 0 Å². The summed E-state index contributed by atoms with van der Waals surface area (Å²) in [6, 6.07) is 3.80. The van der Waals surface area contributed by atoms with E-state index in [0.29, 0.717) is 0 Å². The molecule has 0 bridgehead atoms. The van der Waals surface area contributed by atoms with Crippen LogP contribution in [-0.2, 0) is 0 Å². The lowest BCUT2D eigenvalue weighted by Crippen LogP contribution is -1.74. The zero-order valence-corrected chi connectivity index (χ0v) is 7.13. The largest absolute Gasteiger partial charge is 0.469 e. The molecule has 0 amide bonds. The molecule has 62 valence electrons. The first kappa shape index (κ1) is 7.22. The third-order valence-corrected chi connectivity index (χ3v) is 2.07. The van der Waals surface area contributed by atoms with Gasteiger partial charge in [-0.2, -0.15) is 0 Å². The van der Waals surface area contributed by atoms with Crippen LogP contribution in [0.25, 0.3) is 11.3 Å². The maximum Gasteiger partial charge on any atom is 0.137 e. The van der Waals surface area contributed by atoms with Crippen LogP contribution in [0.15, 0.2) is 33.5 Å². The fourth-order valence-corrected chi connectivity index (χ4v) is 1.19. The number of furan rings is 2. The van der Waals surface area contributed by atoms with Crippen molar-refractivity contribution in [2.24, 2.45) is 0 Å². The standard InChI is InChI=1S/C10H10O2/c1-7-8(2)12-6-9(7)10-4-3-5-11-10/h3-6H,1-2H3. The third-order valence-electron chi connectivity index (χ3n) is 2.07. The predicted octanol–water partition coefficient (Wildman–Crippen LogP) is 3.16. The maximum absolute atomic E-state index is 5.26. The van der Waals surface area contributed by atoms with E-state index in [1.165, 1.54) is 0 Å². The van der Waals surface area contributed by atoms with Gasteiger partial charge in [-0.25, -0.2) is 0 Å². The monoisotopic (exact) mass is 162 g/mol. The smallest absolute Gasteiger partial charge is 0.137 e. The fourth-order valence-electron chi connectivity index (χ4n) is 1.19. The van der Waals surface area contributed by atoms with Crippen LogP contribution >= 0.6 is 0 Å². The van der Waals surface area contributed by atoms with Gasteiger partial charge >= 0.3 is 0 Å². The summed E-state index contributed by atoms with van der Waals surface area (Å²) in [5.74, 6) is 1.81. The normalized spacial score (nSPS) is 10.5. The van der Waals surface area contributed by atoms with E-state index in [1.54, 1.807) is 12.5 Å². The molecule has 2 aromatic rings. The van der Waals surface area contributed by atoms with E-state index in [0.717, 1.165) is 22.6 Å². The average molecular weight is 162 g/mol. The molecule has 2 aromatic heterocycles. The lowest BCUT2D eigenvalue weighted by atomic mass is 10.1. The Kier molecular flexibility index (Phi) is 1.54. The number of hydrogen-bond acceptors (Lipinski definition) is 2. The molecular formula is C10H10O2. The van der Waals surface area contributed by atoms with Gasteiger partial charge in [-0.3, -0.25) is 0 Å². The molecule has 0 aromatic carbocycles. The van der Waals surface area contributed by atoms with Gasteiger partial charge in [0.1, 0.15) is 17.8 Å². The predicted molar refractivity (Wildman–Crippen MR) is 45.9 cm³/mol. The van der Waals surface area contributed by atoms with Crippen molar-refractivity contribution in [3.63, 3.8) is 0 Å². The van der Waals surface area contributed by atoms with E-state index in [9.17, 15) is 0 Å². The van der Waals surface area contributed by atoms with E-state index in [4.69, 9.17) is 8.83 Å². The molecule has 0 radical (unpaired) electrons. The van der Waals surface area contributed by atoms with Gasteiger partial charge in [-0.05, 0) is 26.0 Å². The highest BCUT2D eigenvalue weighted by atomic mass is 16.3. The topological polar surface area (TPSA) is 26.3 Å². The van der Waals surface area contributed by atoms with Gasteiger partial charge in [0.2, 0.25) is 0 Å². The Hall–Kier alpha value is -1.44. The molecule has 0 aliphatic rings. The highest BCUT2D eigenvalue weighted by Gasteiger charge is 2.09. The van der Waals surface area contributed by atoms with E-state index >= 15 is 0 Å². The molecule has 0 fully saturated rings. The Balaban J connectivity index is 2.55. The molecule has 0 spiro atoms. The van der Waals surface area contributed by atoms with Crippen LogP contribution in [-0.4, -0.2) is 0 Å². The summed E-state index contributed by atoms with van der Waals surface area (Å²) in [5, 5.41) is 0. The van der Waals surface area contributed by atoms with Crippen LogP contribution < -0.4 is 0 Å². The Morgan fingerprint density at radius 3 is 2.50 bits per heavy atom. The van der Waals surface area contributed by atoms with Crippen molar-refractivity contribution in [3.8, 4) is 11.3 Å². The van der Waals surface area contributed by atoms with Gasteiger partial charge in [0.05, 0.1) is 11.8 Å². The Labute approximate surface area is 70.8 Å². The molecule has 0 aliphatic heterocycles. The van der Waals surface area contributed by atoms with Crippen molar-refractivity contribution in [1.82, 2.24) is 0 Å². The summed E-state index contributed by atoms with van der Waals surface area (Å²) < 4.78 is 10.5. The molecule has 0 N–H and O–H groups in total. The molecule has 0 unspecified atom stereocenters. The van der Waals surface area contributed by atoms with Gasteiger partial charge in [0.25, 0.3) is 0 Å². The highest BCUT2D eigenvalue weighted by Crippen LogP contribution is 2.26. The minimum Gasteiger partial charge on any atom is -0.469 e. The van der Waals surface area contributed by atoms with Crippen LogP contribution in [0.1, 0.15) is 11.3 Å². The summed E-state index contributed by atoms with van der Waals surface area (Å²) >= 11 is 0. The molecule has 2 heteroatoms. The van der Waals surface area contributed by atoms with Gasteiger partial charge < -0.3 is 8.83 Å². The number of rotatable bonds is 1. The Bertz CT molecular complexity index is 368. The molecule has 0 aliphatic carbocycles. The summed E-state index contributed by atoms with van der Waals surface area (Å²) in [5.41, 5.74) is 2.18. The second kappa shape index (κ2) is 2.55. The Morgan fingerprint density at radius 2 is 2.00 bits per heavy atom. The van der Waals surface area contributed by atoms with Crippen molar-refractivity contribution < 1.29 is 8.83 Å². The van der Waals surface area contributed by atoms with Crippen LogP contribution in [0.5, 0.6) is 0 Å². The lowest BCUT2D eigenvalue weighted by molar-refractivity contribution is 0.530. The van der Waals surface area contributed by atoms with E-state index in [2.05, 4.69) is 0 Å². The zero-order chi connectivity index (χ0) is 8.55. The summed E-state index contributed by atoms with van der Waals surface area (Å²) in [4.78, 5) is 0. The molecule has 2 nitrogen and oxygen atoms in total. The minimum absolute atomic E-state index is 0.865. The first-order valence-corrected chi connectivity index (χ1v) is 3.87. The molecular weight excluding hydrogens is 152 g/mol. The third kappa shape index (κ3) is 0.961. The number of hydrogen-bond donors (Lipinski definition) is 0. The summed E-state index contributed by atoms with van der Waals surface area (Å²) in [6.45, 7) is 3.97. The number of aryl methyl sites for hydroxylation is 1. The second-order valence-electron chi connectivity index (χ2n) is 2.81. The molecule has 2 heterocycles. The van der Waals surface area contributed by atoms with Crippen molar-refractivity contribution in [2.45, 2.75) is 13.8 Å². The van der Waals surface area contributed by atoms with Crippen LogP contribution in [0.4, 0.5) is 0 Å². The first-order chi connectivity index (χ1) is 5.79. The van der Waals surface area contributed by atoms with Gasteiger partial charge in [-0.1, -0.05) is 0 Å². The zero-order valence-electron chi connectivity index (χ0n) is 7.13. The summed E-state index contributed by atoms with van der Waals surface area (Å²) in [7, 11) is 0. The molecule has 2 rings (SSSR count). The first-order valence-electron chi connectivity index (χ1n) is 3.87. The van der Waals surface area contributed by atoms with Gasteiger partial charge in [-0.15, -0.1) is 0 Å². The maximum atomic E-state index is 5.26. The van der Waals surface area contributed by atoms with Crippen molar-refractivity contribution in [3.05, 3.63) is 36.0 Å². The van der Waals surface area contributed by atoms with Crippen molar-refractivity contribution >= 4 is 0 Å². The van der Waals surface area contributed by atoms with E-state index in [-0.39, 0.29) is 0 Å². The van der Waals surface area contributed by atoms with Gasteiger partial charge in [0.15, 0.2) is 0 Å². The van der Waals surface area contributed by atoms with Gasteiger partial charge in [0, 0.05) is 5.56 Å². The van der Waals surface area contributed by atoms with Crippen LogP contribution in [0, 0.1) is 13.8 Å². The van der Waals surface area contributed by atoms with E-state index in [1.807, 2.05) is 26.0 Å². The van der Waals surface area contributed by atoms with Crippen molar-refractivity contribution in [2.75, 3.05) is 0 Å². The lowest BCUT2D eigenvalue weighted by Gasteiger charge is -1.91. The fraction of sp³-hybridized carbons (Fsp3) is 0.200. The summed E-state index contributed by atoms with van der Waals surface area (Å²) in [6.07, 6.45) is 3.39. The molecule has 12 heavy (non-hydrogen) atoms. The average Bonchev–Trinajstić information content (AvgIpc) is 2.64. The molecule has 0 atom stereocenters. The van der Waals surface area contributed by atoms with Crippen LogP contribution in [0.3, 0.4) is 0 Å². The quantitative estimate of drug-likeness (QED) is 0.643. The van der Waals surface area contributed by atoms with E-state index < -0.39 is 0 Å².